The standard InChI is InChI=1S/C16H15N3OS2/c20-16(18-15-17-12-4-1-2-6-14(12)22-15)19-8-3-5-13(19)11-7-9-21-10-11/h1-2,4,6-7,9-10,13H,3,5,8H2,(H,17,18,20)/t13-/m0/s1. The summed E-state index contributed by atoms with van der Waals surface area (Å²) in [7, 11) is 0. The number of para-hydroxylation sites is 1. The van der Waals surface area contributed by atoms with Crippen LogP contribution in [0.2, 0.25) is 0 Å². The van der Waals surface area contributed by atoms with Crippen molar-refractivity contribution in [3.63, 3.8) is 0 Å². The number of nitrogens with zero attached hydrogens (tertiary/aromatic N) is 2. The molecule has 4 nitrogen and oxygen atoms in total. The van der Waals surface area contributed by atoms with Gasteiger partial charge in [0.05, 0.1) is 16.3 Å². The highest BCUT2D eigenvalue weighted by molar-refractivity contribution is 7.22. The van der Waals surface area contributed by atoms with Gasteiger partial charge in [-0.15, -0.1) is 0 Å². The predicted octanol–water partition coefficient (Wildman–Crippen LogP) is 4.73. The van der Waals surface area contributed by atoms with Gasteiger partial charge < -0.3 is 4.90 Å². The molecule has 2 amide bonds. The maximum absolute atomic E-state index is 12.6. The van der Waals surface area contributed by atoms with Crippen LogP contribution < -0.4 is 5.32 Å². The zero-order valence-corrected chi connectivity index (χ0v) is 13.5. The van der Waals surface area contributed by atoms with Crippen LogP contribution in [0.25, 0.3) is 10.2 Å². The number of rotatable bonds is 2. The van der Waals surface area contributed by atoms with Crippen LogP contribution >= 0.6 is 22.7 Å². The summed E-state index contributed by atoms with van der Waals surface area (Å²) in [6, 6.07) is 10.2. The molecule has 4 rings (SSSR count). The van der Waals surface area contributed by atoms with Crippen LogP contribution in [0, 0.1) is 0 Å². The zero-order valence-electron chi connectivity index (χ0n) is 11.9. The third-order valence-electron chi connectivity index (χ3n) is 3.95. The minimum atomic E-state index is -0.0484. The van der Waals surface area contributed by atoms with E-state index in [1.54, 1.807) is 11.3 Å². The molecule has 2 aromatic heterocycles. The molecule has 0 unspecified atom stereocenters. The summed E-state index contributed by atoms with van der Waals surface area (Å²) in [6.45, 7) is 0.803. The number of hydrogen-bond acceptors (Lipinski definition) is 4. The SMILES string of the molecule is O=C(Nc1nc2ccccc2s1)N1CCC[C@H]1c1ccsc1. The van der Waals surface area contributed by atoms with Gasteiger partial charge in [-0.3, -0.25) is 5.32 Å². The van der Waals surface area contributed by atoms with Gasteiger partial charge in [-0.25, -0.2) is 9.78 Å². The number of fused-ring (bicyclic) bond motifs is 1. The highest BCUT2D eigenvalue weighted by atomic mass is 32.1. The second-order valence-electron chi connectivity index (χ2n) is 5.32. The molecule has 0 bridgehead atoms. The molecule has 0 radical (unpaired) electrons. The van der Waals surface area contributed by atoms with Gasteiger partial charge >= 0.3 is 6.03 Å². The molecule has 22 heavy (non-hydrogen) atoms. The number of benzene rings is 1. The number of carbonyl (C=O) groups is 1. The van der Waals surface area contributed by atoms with Crippen LogP contribution in [0.15, 0.2) is 41.1 Å². The van der Waals surface area contributed by atoms with Crippen molar-refractivity contribution in [2.45, 2.75) is 18.9 Å². The van der Waals surface area contributed by atoms with E-state index in [-0.39, 0.29) is 12.1 Å². The highest BCUT2D eigenvalue weighted by Gasteiger charge is 2.30. The summed E-state index contributed by atoms with van der Waals surface area (Å²) < 4.78 is 1.09. The number of nitrogens with one attached hydrogen (secondary N) is 1. The minimum Gasteiger partial charge on any atom is -0.317 e. The fourth-order valence-electron chi connectivity index (χ4n) is 2.91. The van der Waals surface area contributed by atoms with E-state index in [9.17, 15) is 4.79 Å². The topological polar surface area (TPSA) is 45.2 Å². The molecule has 3 aromatic rings. The maximum atomic E-state index is 12.6. The van der Waals surface area contributed by atoms with Crippen molar-refractivity contribution in [1.82, 2.24) is 9.88 Å². The van der Waals surface area contributed by atoms with E-state index < -0.39 is 0 Å². The summed E-state index contributed by atoms with van der Waals surface area (Å²) in [5.74, 6) is 0. The Bertz CT molecular complexity index is 764. The van der Waals surface area contributed by atoms with Crippen molar-refractivity contribution in [2.24, 2.45) is 0 Å². The molecule has 1 saturated heterocycles. The number of aromatic nitrogens is 1. The van der Waals surface area contributed by atoms with Gasteiger partial charge in [0.1, 0.15) is 0 Å². The fourth-order valence-corrected chi connectivity index (χ4v) is 4.47. The first-order valence-electron chi connectivity index (χ1n) is 7.26. The van der Waals surface area contributed by atoms with Crippen LogP contribution in [0.4, 0.5) is 9.93 Å². The molecule has 1 aliphatic rings. The lowest BCUT2D eigenvalue weighted by Gasteiger charge is -2.23. The van der Waals surface area contributed by atoms with E-state index in [0.717, 1.165) is 29.6 Å². The molecule has 3 heterocycles. The summed E-state index contributed by atoms with van der Waals surface area (Å²) in [6.07, 6.45) is 2.08. The van der Waals surface area contributed by atoms with Crippen LogP contribution in [0.3, 0.4) is 0 Å². The second-order valence-corrected chi connectivity index (χ2v) is 7.14. The van der Waals surface area contributed by atoms with Gasteiger partial charge in [-0.1, -0.05) is 23.5 Å². The summed E-state index contributed by atoms with van der Waals surface area (Å²) in [4.78, 5) is 19.0. The Labute approximate surface area is 136 Å². The molecule has 1 fully saturated rings. The Balaban J connectivity index is 1.53. The lowest BCUT2D eigenvalue weighted by molar-refractivity contribution is 0.207. The third-order valence-corrected chi connectivity index (χ3v) is 5.60. The van der Waals surface area contributed by atoms with Crippen molar-refractivity contribution in [2.75, 3.05) is 11.9 Å². The molecule has 1 aliphatic heterocycles. The average Bonchev–Trinajstić information content (AvgIpc) is 3.25. The van der Waals surface area contributed by atoms with Crippen LogP contribution in [0.1, 0.15) is 24.4 Å². The van der Waals surface area contributed by atoms with E-state index in [2.05, 4.69) is 27.1 Å². The first-order chi connectivity index (χ1) is 10.8. The molecule has 1 N–H and O–H groups in total. The molecular weight excluding hydrogens is 314 g/mol. The van der Waals surface area contributed by atoms with Crippen molar-refractivity contribution < 1.29 is 4.79 Å². The van der Waals surface area contributed by atoms with Gasteiger partial charge in [0.2, 0.25) is 0 Å². The molecule has 6 heteroatoms. The van der Waals surface area contributed by atoms with Gasteiger partial charge in [0, 0.05) is 6.54 Å². The fraction of sp³-hybridized carbons (Fsp3) is 0.250. The predicted molar refractivity (Wildman–Crippen MR) is 91.6 cm³/mol. The Kier molecular flexibility index (Phi) is 3.56. The number of amides is 2. The Morgan fingerprint density at radius 3 is 3.05 bits per heavy atom. The normalized spacial score (nSPS) is 18.0. The number of anilines is 1. The third kappa shape index (κ3) is 2.48. The Hall–Kier alpha value is -1.92. The highest BCUT2D eigenvalue weighted by Crippen LogP contribution is 2.34. The lowest BCUT2D eigenvalue weighted by atomic mass is 10.1. The molecule has 1 aromatic carbocycles. The van der Waals surface area contributed by atoms with Gasteiger partial charge in [-0.2, -0.15) is 11.3 Å². The summed E-state index contributed by atoms with van der Waals surface area (Å²) in [5, 5.41) is 7.83. The van der Waals surface area contributed by atoms with E-state index in [1.165, 1.54) is 16.9 Å². The molecule has 0 spiro atoms. The van der Waals surface area contributed by atoms with Crippen molar-refractivity contribution in [1.29, 1.82) is 0 Å². The van der Waals surface area contributed by atoms with Crippen molar-refractivity contribution in [3.05, 3.63) is 46.7 Å². The summed E-state index contributed by atoms with van der Waals surface area (Å²) >= 11 is 3.19. The van der Waals surface area contributed by atoms with Crippen molar-refractivity contribution in [3.8, 4) is 0 Å². The van der Waals surface area contributed by atoms with E-state index >= 15 is 0 Å². The Morgan fingerprint density at radius 2 is 2.23 bits per heavy atom. The second kappa shape index (κ2) is 5.70. The van der Waals surface area contributed by atoms with Crippen LogP contribution in [-0.2, 0) is 0 Å². The van der Waals surface area contributed by atoms with Crippen LogP contribution in [-0.4, -0.2) is 22.5 Å². The number of carbonyl (C=O) groups excluding carboxylic acids is 1. The maximum Gasteiger partial charge on any atom is 0.324 e. The smallest absolute Gasteiger partial charge is 0.317 e. The van der Waals surface area contributed by atoms with E-state index in [4.69, 9.17) is 0 Å². The molecular formula is C16H15N3OS2. The molecule has 112 valence electrons. The molecule has 0 saturated carbocycles. The van der Waals surface area contributed by atoms with E-state index in [0.29, 0.717) is 5.13 Å². The average molecular weight is 329 g/mol. The number of urea groups is 1. The number of likely N-dealkylation sites (tertiary alicyclic amines) is 1. The van der Waals surface area contributed by atoms with Gasteiger partial charge in [0.25, 0.3) is 0 Å². The first kappa shape index (κ1) is 13.7. The van der Waals surface area contributed by atoms with Crippen LogP contribution in [0.5, 0.6) is 0 Å². The summed E-state index contributed by atoms with van der Waals surface area (Å²) in [5.41, 5.74) is 2.17. The van der Waals surface area contributed by atoms with E-state index in [1.807, 2.05) is 29.2 Å². The largest absolute Gasteiger partial charge is 0.324 e. The van der Waals surface area contributed by atoms with Gasteiger partial charge in [-0.05, 0) is 47.4 Å². The molecule has 0 aliphatic carbocycles. The monoisotopic (exact) mass is 329 g/mol. The number of thiazole rings is 1. The lowest BCUT2D eigenvalue weighted by Crippen LogP contribution is -2.34. The first-order valence-corrected chi connectivity index (χ1v) is 9.02. The minimum absolute atomic E-state index is 0.0484. The van der Waals surface area contributed by atoms with Crippen molar-refractivity contribution >= 4 is 44.1 Å². The molecule has 1 atom stereocenters. The van der Waals surface area contributed by atoms with Gasteiger partial charge in [0.15, 0.2) is 5.13 Å². The Morgan fingerprint density at radius 1 is 1.32 bits per heavy atom. The number of hydrogen-bond donors (Lipinski definition) is 1. The zero-order chi connectivity index (χ0) is 14.9. The number of thiophene rings is 1. The quantitative estimate of drug-likeness (QED) is 0.739.